The first-order valence-electron chi connectivity index (χ1n) is 9.44. The van der Waals surface area contributed by atoms with Gasteiger partial charge in [0.25, 0.3) is 10.0 Å². The summed E-state index contributed by atoms with van der Waals surface area (Å²) in [5.74, 6) is -1.72. The summed E-state index contributed by atoms with van der Waals surface area (Å²) in [6.07, 6.45) is 1.39. The lowest BCUT2D eigenvalue weighted by Crippen LogP contribution is -2.20. The summed E-state index contributed by atoms with van der Waals surface area (Å²) in [4.78, 5) is 23.8. The third-order valence-corrected chi connectivity index (χ3v) is 7.27. The number of carbonyl (C=O) groups excluding carboxylic acids is 1. The molecule has 0 radical (unpaired) electrons. The summed E-state index contributed by atoms with van der Waals surface area (Å²) in [7, 11) is -4.35. The molecule has 2 aromatic heterocycles. The van der Waals surface area contributed by atoms with Crippen molar-refractivity contribution >= 4 is 43.6 Å². The summed E-state index contributed by atoms with van der Waals surface area (Å²) in [5.41, 5.74) is 2.67. The van der Waals surface area contributed by atoms with Gasteiger partial charge in [0.05, 0.1) is 12.1 Å². The maximum Gasteiger partial charge on any atom is 0.420 e. The Morgan fingerprint density at radius 3 is 2.84 bits per heavy atom. The average molecular weight is 475 g/mol. The Balaban J connectivity index is 1.56. The highest BCUT2D eigenvalue weighted by molar-refractivity contribution is 7.93. The van der Waals surface area contributed by atoms with Crippen LogP contribution in [0.5, 0.6) is 0 Å². The Bertz CT molecular complexity index is 1530. The normalized spacial score (nSPS) is 14.0. The van der Waals surface area contributed by atoms with E-state index < -0.39 is 26.5 Å². The Morgan fingerprint density at radius 2 is 2.06 bits per heavy atom. The van der Waals surface area contributed by atoms with Crippen LogP contribution in [0.4, 0.5) is 9.52 Å². The Kier molecular flexibility index (Phi) is 4.86. The lowest BCUT2D eigenvalue weighted by atomic mass is 9.87. The molecular formula is C19H14FN5O5S2. The van der Waals surface area contributed by atoms with Gasteiger partial charge < -0.3 is 4.42 Å². The number of oxazole rings is 1. The van der Waals surface area contributed by atoms with Crippen LogP contribution in [0.1, 0.15) is 23.1 Å². The molecule has 0 atom stereocenters. The summed E-state index contributed by atoms with van der Waals surface area (Å²) in [6.45, 7) is 0.0581. The third kappa shape index (κ3) is 3.58. The molecule has 0 saturated heterocycles. The second-order valence-electron chi connectivity index (χ2n) is 7.25. The summed E-state index contributed by atoms with van der Waals surface area (Å²) >= 11 is 0.687. The van der Waals surface area contributed by atoms with Crippen molar-refractivity contribution in [2.75, 3.05) is 4.72 Å². The second kappa shape index (κ2) is 7.60. The summed E-state index contributed by atoms with van der Waals surface area (Å²) in [5, 5.41) is 6.61. The number of aromatic nitrogens is 4. The van der Waals surface area contributed by atoms with E-state index in [1.54, 1.807) is 6.07 Å². The molecule has 4 aromatic rings. The minimum absolute atomic E-state index is 0.0581. The number of nitrogens with zero attached hydrogens (tertiary/aromatic N) is 4. The number of carbonyl (C=O) groups is 1. The van der Waals surface area contributed by atoms with Crippen molar-refractivity contribution < 1.29 is 22.0 Å². The molecule has 0 unspecified atom stereocenters. The minimum Gasteiger partial charge on any atom is -0.408 e. The minimum atomic E-state index is -4.35. The molecule has 2 aromatic carbocycles. The van der Waals surface area contributed by atoms with Gasteiger partial charge in [-0.2, -0.15) is 0 Å². The number of hydrogen-bond acceptors (Lipinski definition) is 9. The van der Waals surface area contributed by atoms with Crippen LogP contribution < -0.4 is 10.5 Å². The highest BCUT2D eigenvalue weighted by atomic mass is 32.2. The molecule has 32 heavy (non-hydrogen) atoms. The molecule has 13 heteroatoms. The van der Waals surface area contributed by atoms with Gasteiger partial charge in [-0.15, -0.1) is 0 Å². The predicted molar refractivity (Wildman–Crippen MR) is 112 cm³/mol. The molecule has 10 nitrogen and oxygen atoms in total. The fourth-order valence-corrected chi connectivity index (χ4v) is 5.45. The van der Waals surface area contributed by atoms with Crippen molar-refractivity contribution in [2.24, 2.45) is 0 Å². The molecule has 0 bridgehead atoms. The van der Waals surface area contributed by atoms with Crippen LogP contribution in [0.3, 0.4) is 0 Å². The second-order valence-corrected chi connectivity index (χ2v) is 9.63. The Morgan fingerprint density at radius 1 is 1.22 bits per heavy atom. The zero-order valence-corrected chi connectivity index (χ0v) is 17.9. The number of Topliss-reactive ketones (excluding diaryl/α,β-unsaturated/α-hetero) is 1. The molecule has 0 amide bonds. The van der Waals surface area contributed by atoms with E-state index in [0.29, 0.717) is 24.4 Å². The number of benzene rings is 2. The monoisotopic (exact) mass is 475 g/mol. The van der Waals surface area contributed by atoms with Crippen molar-refractivity contribution in [1.82, 2.24) is 19.4 Å². The maximum atomic E-state index is 14.8. The van der Waals surface area contributed by atoms with Gasteiger partial charge >= 0.3 is 5.76 Å². The first-order chi connectivity index (χ1) is 15.3. The molecule has 2 heterocycles. The van der Waals surface area contributed by atoms with Crippen LogP contribution in [0.25, 0.3) is 11.1 Å². The zero-order valence-electron chi connectivity index (χ0n) is 16.2. The zero-order chi connectivity index (χ0) is 22.5. The average Bonchev–Trinajstić information content (AvgIpc) is 3.35. The molecule has 0 spiro atoms. The van der Waals surface area contributed by atoms with Gasteiger partial charge in [-0.25, -0.2) is 17.6 Å². The Hall–Kier alpha value is -3.45. The van der Waals surface area contributed by atoms with Crippen LogP contribution in [-0.2, 0) is 34.2 Å². The summed E-state index contributed by atoms with van der Waals surface area (Å²) < 4.78 is 51.8. The third-order valence-electron chi connectivity index (χ3n) is 5.28. The van der Waals surface area contributed by atoms with E-state index in [1.807, 2.05) is 12.1 Å². The highest BCUT2D eigenvalue weighted by Crippen LogP contribution is 2.27. The standard InChI is InChI=1S/C19H14FN5O5S2/c20-14-7-15-16(8-17(14)32(28,29)22-18-21-23-24-31-18)30-19(27)25(15)9-11-3-1-2-10-4-5-12(26)6-13(10)11/h1-3,7-8H,4-6,9H2,(H,21,22,24). The van der Waals surface area contributed by atoms with E-state index >= 15 is 0 Å². The van der Waals surface area contributed by atoms with E-state index in [2.05, 4.69) is 19.5 Å². The number of rotatable bonds is 5. The van der Waals surface area contributed by atoms with E-state index in [1.165, 1.54) is 4.57 Å². The number of aryl methyl sites for hydroxylation is 1. The molecule has 5 rings (SSSR count). The first kappa shape index (κ1) is 20.5. The quantitative estimate of drug-likeness (QED) is 0.462. The maximum absolute atomic E-state index is 14.8. The van der Waals surface area contributed by atoms with Gasteiger partial charge in [0.1, 0.15) is 16.5 Å². The van der Waals surface area contributed by atoms with Crippen LogP contribution >= 0.6 is 11.5 Å². The van der Waals surface area contributed by atoms with Crippen LogP contribution in [0.2, 0.25) is 0 Å². The number of fused-ring (bicyclic) bond motifs is 2. The van der Waals surface area contributed by atoms with Crippen molar-refractivity contribution in [1.29, 1.82) is 0 Å². The van der Waals surface area contributed by atoms with Gasteiger partial charge in [0.15, 0.2) is 5.58 Å². The van der Waals surface area contributed by atoms with E-state index in [-0.39, 0.29) is 35.0 Å². The lowest BCUT2D eigenvalue weighted by Gasteiger charge is -2.18. The van der Waals surface area contributed by atoms with Crippen LogP contribution in [-0.4, -0.2) is 33.6 Å². The van der Waals surface area contributed by atoms with Crippen molar-refractivity contribution in [3.63, 3.8) is 0 Å². The van der Waals surface area contributed by atoms with E-state index in [9.17, 15) is 22.4 Å². The van der Waals surface area contributed by atoms with Crippen molar-refractivity contribution in [3.8, 4) is 0 Å². The fourth-order valence-electron chi connectivity index (χ4n) is 3.79. The smallest absolute Gasteiger partial charge is 0.408 e. The highest BCUT2D eigenvalue weighted by Gasteiger charge is 2.25. The van der Waals surface area contributed by atoms with E-state index in [0.717, 1.165) is 28.8 Å². The topological polar surface area (TPSA) is 137 Å². The molecule has 164 valence electrons. The number of ketones is 1. The number of hydrogen-bond donors (Lipinski definition) is 1. The van der Waals surface area contributed by atoms with Crippen molar-refractivity contribution in [3.05, 3.63) is 63.4 Å². The summed E-state index contributed by atoms with van der Waals surface area (Å²) in [6, 6.07) is 7.48. The van der Waals surface area contributed by atoms with Gasteiger partial charge in [-0.3, -0.25) is 14.1 Å². The Labute approximate surface area is 183 Å². The molecule has 1 aliphatic carbocycles. The SMILES string of the molecule is O=C1CCc2cccc(Cn3c(=O)oc4cc(S(=O)(=O)Nc5nnns5)c(F)cc43)c2C1. The molecule has 0 fully saturated rings. The first-order valence-corrected chi connectivity index (χ1v) is 11.7. The van der Waals surface area contributed by atoms with Crippen LogP contribution in [0.15, 0.2) is 44.4 Å². The molecule has 0 saturated carbocycles. The molecule has 0 aliphatic heterocycles. The largest absolute Gasteiger partial charge is 0.420 e. The van der Waals surface area contributed by atoms with Gasteiger partial charge in [-0.1, -0.05) is 27.8 Å². The lowest BCUT2D eigenvalue weighted by molar-refractivity contribution is -0.118. The fraction of sp³-hybridized carbons (Fsp3) is 0.211. The van der Waals surface area contributed by atoms with Gasteiger partial charge in [-0.05, 0) is 28.3 Å². The van der Waals surface area contributed by atoms with Gasteiger partial charge in [0, 0.05) is 36.5 Å². The molecular weight excluding hydrogens is 461 g/mol. The molecule has 1 N–H and O–H groups in total. The van der Waals surface area contributed by atoms with Gasteiger partial charge in [0.2, 0.25) is 5.13 Å². The van der Waals surface area contributed by atoms with E-state index in [4.69, 9.17) is 4.42 Å². The van der Waals surface area contributed by atoms with Crippen LogP contribution in [0, 0.1) is 5.82 Å². The number of anilines is 1. The number of sulfonamides is 1. The molecule has 1 aliphatic rings. The predicted octanol–water partition coefficient (Wildman–Crippen LogP) is 1.89. The number of nitrogens with one attached hydrogen (secondary N) is 1. The number of halogens is 1. The van der Waals surface area contributed by atoms with Crippen molar-refractivity contribution in [2.45, 2.75) is 30.7 Å².